The smallest absolute Gasteiger partial charge is 0.242 e. The molecule has 3 rings (SSSR count). The monoisotopic (exact) mass is 371 g/mol. The fraction of sp³-hybridized carbons (Fsp3) is 0.286. The maximum atomic E-state index is 13.2. The molecule has 1 saturated heterocycles. The zero-order valence-electron chi connectivity index (χ0n) is 12.6. The Morgan fingerprint density at radius 3 is 3.00 bits per heavy atom. The number of imidazole rings is 1. The van der Waals surface area contributed by atoms with E-state index in [1.807, 2.05) is 0 Å². The summed E-state index contributed by atoms with van der Waals surface area (Å²) in [5, 5.41) is 2.59. The van der Waals surface area contributed by atoms with E-state index < -0.39 is 23.0 Å². The third-order valence-electron chi connectivity index (χ3n) is 3.74. The number of rotatable bonds is 3. The van der Waals surface area contributed by atoms with Gasteiger partial charge in [0.25, 0.3) is 0 Å². The van der Waals surface area contributed by atoms with Crippen LogP contribution in [-0.2, 0) is 16.0 Å². The van der Waals surface area contributed by atoms with E-state index in [9.17, 15) is 13.4 Å². The SMILES string of the molecule is CN1C(C(=O)Nc2ccc(F)c(Cl)c2)CC(c2ncc[nH]2)NS1=O. The number of aromatic nitrogens is 2. The molecule has 1 aromatic carbocycles. The summed E-state index contributed by atoms with van der Waals surface area (Å²) < 4.78 is 29.7. The van der Waals surface area contributed by atoms with Crippen LogP contribution in [0.5, 0.6) is 0 Å². The van der Waals surface area contributed by atoms with Crippen LogP contribution in [0.2, 0.25) is 5.02 Å². The van der Waals surface area contributed by atoms with E-state index in [1.165, 1.54) is 22.5 Å². The summed E-state index contributed by atoms with van der Waals surface area (Å²) in [6.45, 7) is 0. The van der Waals surface area contributed by atoms with Gasteiger partial charge in [-0.05, 0) is 24.6 Å². The van der Waals surface area contributed by atoms with Crippen LogP contribution < -0.4 is 10.0 Å². The minimum Gasteiger partial charge on any atom is -0.347 e. The van der Waals surface area contributed by atoms with Crippen LogP contribution in [0, 0.1) is 5.82 Å². The van der Waals surface area contributed by atoms with Gasteiger partial charge in [-0.1, -0.05) is 11.6 Å². The van der Waals surface area contributed by atoms with E-state index in [0.29, 0.717) is 17.9 Å². The summed E-state index contributed by atoms with van der Waals surface area (Å²) in [7, 11) is 1.59. The lowest BCUT2D eigenvalue weighted by Crippen LogP contribution is -2.53. The number of benzene rings is 1. The van der Waals surface area contributed by atoms with Gasteiger partial charge in [-0.15, -0.1) is 0 Å². The molecule has 3 unspecified atom stereocenters. The highest BCUT2D eigenvalue weighted by molar-refractivity contribution is 7.80. The molecule has 1 amide bonds. The Hall–Kier alpha value is -1.81. The molecule has 0 aliphatic carbocycles. The predicted molar refractivity (Wildman–Crippen MR) is 88.8 cm³/mol. The van der Waals surface area contributed by atoms with Crippen LogP contribution >= 0.6 is 11.6 Å². The minimum absolute atomic E-state index is 0.0801. The lowest BCUT2D eigenvalue weighted by Gasteiger charge is -2.34. The van der Waals surface area contributed by atoms with Crippen molar-refractivity contribution in [2.45, 2.75) is 18.5 Å². The number of carbonyl (C=O) groups excluding carboxylic acids is 1. The second-order valence-corrected chi connectivity index (χ2v) is 7.03. The Morgan fingerprint density at radius 2 is 2.33 bits per heavy atom. The number of halogens is 2. The van der Waals surface area contributed by atoms with Crippen LogP contribution in [0.1, 0.15) is 18.3 Å². The van der Waals surface area contributed by atoms with Crippen molar-refractivity contribution >= 4 is 34.4 Å². The number of anilines is 1. The van der Waals surface area contributed by atoms with E-state index >= 15 is 0 Å². The van der Waals surface area contributed by atoms with E-state index in [2.05, 4.69) is 20.0 Å². The molecule has 1 aliphatic heterocycles. The fourth-order valence-electron chi connectivity index (χ4n) is 2.45. The van der Waals surface area contributed by atoms with E-state index in [0.717, 1.165) is 0 Å². The molecule has 0 spiro atoms. The summed E-state index contributed by atoms with van der Waals surface area (Å²) in [6, 6.07) is 2.93. The van der Waals surface area contributed by atoms with Crippen LogP contribution in [0.15, 0.2) is 30.6 Å². The standard InChI is InChI=1S/C14H15ClFN5O2S/c1-21-12(7-11(20-24(21)23)13-17-4-5-18-13)14(22)19-8-2-3-10(16)9(15)6-8/h2-6,11-12,20H,7H2,1H3,(H,17,18)(H,19,22). The second-order valence-electron chi connectivity index (χ2n) is 5.31. The van der Waals surface area contributed by atoms with Crippen molar-refractivity contribution in [2.24, 2.45) is 0 Å². The minimum atomic E-state index is -1.54. The van der Waals surface area contributed by atoms with Crippen LogP contribution in [0.3, 0.4) is 0 Å². The quantitative estimate of drug-likeness (QED) is 0.767. The summed E-state index contributed by atoms with van der Waals surface area (Å²) in [6.07, 6.45) is 3.62. The number of H-pyrrole nitrogens is 1. The summed E-state index contributed by atoms with van der Waals surface area (Å²) in [5.74, 6) is -0.307. The molecule has 24 heavy (non-hydrogen) atoms. The highest BCUT2D eigenvalue weighted by Gasteiger charge is 2.37. The van der Waals surface area contributed by atoms with E-state index in [-0.39, 0.29) is 17.0 Å². The van der Waals surface area contributed by atoms with Crippen molar-refractivity contribution in [3.63, 3.8) is 0 Å². The molecule has 2 heterocycles. The van der Waals surface area contributed by atoms with Crippen molar-refractivity contribution in [2.75, 3.05) is 12.4 Å². The number of nitrogens with one attached hydrogen (secondary N) is 3. The Morgan fingerprint density at radius 1 is 1.54 bits per heavy atom. The number of hydrogen-bond acceptors (Lipinski definition) is 3. The Labute approximate surface area is 145 Å². The number of likely N-dealkylation sites (N-methyl/N-ethyl adjacent to an activating group) is 1. The van der Waals surface area contributed by atoms with Crippen molar-refractivity contribution in [1.29, 1.82) is 0 Å². The van der Waals surface area contributed by atoms with Crippen molar-refractivity contribution < 1.29 is 13.4 Å². The third kappa shape index (κ3) is 3.48. The maximum absolute atomic E-state index is 13.2. The molecule has 2 aromatic rings. The van der Waals surface area contributed by atoms with Gasteiger partial charge in [0, 0.05) is 25.1 Å². The molecule has 0 saturated carbocycles. The average molecular weight is 372 g/mol. The highest BCUT2D eigenvalue weighted by atomic mass is 35.5. The summed E-state index contributed by atoms with van der Waals surface area (Å²) >= 11 is 4.18. The van der Waals surface area contributed by atoms with Gasteiger partial charge in [0.2, 0.25) is 5.91 Å². The molecule has 3 N–H and O–H groups in total. The van der Waals surface area contributed by atoms with Crippen LogP contribution in [-0.4, -0.2) is 37.5 Å². The average Bonchev–Trinajstić information content (AvgIpc) is 3.08. The Kier molecular flexibility index (Phi) is 4.95. The second kappa shape index (κ2) is 6.98. The van der Waals surface area contributed by atoms with Crippen LogP contribution in [0.4, 0.5) is 10.1 Å². The first-order chi connectivity index (χ1) is 11.5. The predicted octanol–water partition coefficient (Wildman–Crippen LogP) is 1.75. The largest absolute Gasteiger partial charge is 0.347 e. The highest BCUT2D eigenvalue weighted by Crippen LogP contribution is 2.25. The third-order valence-corrected chi connectivity index (χ3v) is 5.30. The van der Waals surface area contributed by atoms with Gasteiger partial charge < -0.3 is 10.3 Å². The van der Waals surface area contributed by atoms with Crippen molar-refractivity contribution in [3.05, 3.63) is 47.3 Å². The van der Waals surface area contributed by atoms with Gasteiger partial charge in [-0.3, -0.25) is 4.79 Å². The first-order valence-corrected chi connectivity index (χ1v) is 8.60. The number of hydrogen-bond donors (Lipinski definition) is 3. The zero-order chi connectivity index (χ0) is 17.3. The molecule has 1 aliphatic rings. The maximum Gasteiger partial charge on any atom is 0.242 e. The first kappa shape index (κ1) is 17.0. The van der Waals surface area contributed by atoms with Gasteiger partial charge in [0.15, 0.2) is 11.2 Å². The molecular weight excluding hydrogens is 357 g/mol. The molecule has 1 aromatic heterocycles. The normalized spacial score (nSPS) is 24.7. The van der Waals surface area contributed by atoms with Crippen LogP contribution in [0.25, 0.3) is 0 Å². The number of amides is 1. The molecule has 1 fully saturated rings. The molecule has 0 radical (unpaired) electrons. The molecule has 128 valence electrons. The van der Waals surface area contributed by atoms with E-state index in [4.69, 9.17) is 11.6 Å². The molecular formula is C14H15ClFN5O2S. The Bertz CT molecular complexity index is 773. The molecule has 0 bridgehead atoms. The lowest BCUT2D eigenvalue weighted by atomic mass is 10.1. The topological polar surface area (TPSA) is 90.1 Å². The van der Waals surface area contributed by atoms with Gasteiger partial charge in [-0.25, -0.2) is 22.6 Å². The molecule has 3 atom stereocenters. The first-order valence-electron chi connectivity index (χ1n) is 7.12. The van der Waals surface area contributed by atoms with Gasteiger partial charge >= 0.3 is 0 Å². The number of nitrogens with zero attached hydrogens (tertiary/aromatic N) is 2. The van der Waals surface area contributed by atoms with Gasteiger partial charge in [0.05, 0.1) is 11.1 Å². The zero-order valence-corrected chi connectivity index (χ0v) is 14.2. The summed E-state index contributed by atoms with van der Waals surface area (Å²) in [5.41, 5.74) is 0.374. The van der Waals surface area contributed by atoms with Crippen molar-refractivity contribution in [3.8, 4) is 0 Å². The van der Waals surface area contributed by atoms with Crippen molar-refractivity contribution in [1.82, 2.24) is 19.0 Å². The summed E-state index contributed by atoms with van der Waals surface area (Å²) in [4.78, 5) is 19.6. The number of carbonyl (C=O) groups is 1. The lowest BCUT2D eigenvalue weighted by molar-refractivity contribution is -0.120. The fourth-order valence-corrected chi connectivity index (χ4v) is 3.66. The molecule has 7 nitrogen and oxygen atoms in total. The van der Waals surface area contributed by atoms with E-state index in [1.54, 1.807) is 19.4 Å². The van der Waals surface area contributed by atoms with Gasteiger partial charge in [0.1, 0.15) is 17.7 Å². The molecule has 10 heteroatoms. The number of aromatic amines is 1. The Balaban J connectivity index is 1.76. The van der Waals surface area contributed by atoms with Gasteiger partial charge in [-0.2, -0.15) is 0 Å².